The monoisotopic (exact) mass is 790 g/mol. The number of rotatable bonds is 9. The van der Waals surface area contributed by atoms with Gasteiger partial charge in [-0.05, 0) is 99.7 Å². The minimum absolute atomic E-state index is 0.132. The molecule has 0 N–H and O–H groups in total. The predicted octanol–water partition coefficient (Wildman–Crippen LogP) is 9.11. The molecular formula is C42H43F5N6O4. The molecule has 3 aromatic carbocycles. The number of benzene rings is 3. The normalized spacial score (nSPS) is 16.9. The van der Waals surface area contributed by atoms with Crippen molar-refractivity contribution >= 4 is 28.6 Å². The highest BCUT2D eigenvalue weighted by atomic mass is 19.4. The zero-order valence-corrected chi connectivity index (χ0v) is 32.5. The van der Waals surface area contributed by atoms with Crippen LogP contribution >= 0.6 is 0 Å². The van der Waals surface area contributed by atoms with Gasteiger partial charge in [0, 0.05) is 31.6 Å². The van der Waals surface area contributed by atoms with Gasteiger partial charge in [-0.1, -0.05) is 24.3 Å². The smallest absolute Gasteiger partial charge is 0.417 e. The van der Waals surface area contributed by atoms with Crippen LogP contribution in [0.15, 0.2) is 66.7 Å². The van der Waals surface area contributed by atoms with Gasteiger partial charge >= 0.3 is 18.3 Å². The molecule has 2 saturated heterocycles. The van der Waals surface area contributed by atoms with Crippen LogP contribution in [0.5, 0.6) is 11.5 Å². The lowest BCUT2D eigenvalue weighted by Crippen LogP contribution is -2.57. The molecule has 2 aromatic heterocycles. The highest BCUT2D eigenvalue weighted by molar-refractivity contribution is 5.94. The Hall–Kier alpha value is -5.73. The van der Waals surface area contributed by atoms with E-state index in [4.69, 9.17) is 14.2 Å². The topological polar surface area (TPSA) is 93.2 Å². The minimum atomic E-state index is -5.05. The molecule has 0 saturated carbocycles. The maximum absolute atomic E-state index is 16.9. The third kappa shape index (κ3) is 8.37. The quantitative estimate of drug-likeness (QED) is 0.107. The van der Waals surface area contributed by atoms with Crippen molar-refractivity contribution in [2.24, 2.45) is 0 Å². The summed E-state index contributed by atoms with van der Waals surface area (Å²) in [5.41, 5.74) is -1.56. The zero-order chi connectivity index (χ0) is 40.8. The van der Waals surface area contributed by atoms with E-state index in [1.54, 1.807) is 82.0 Å². The Morgan fingerprint density at radius 2 is 1.39 bits per heavy atom. The average molecular weight is 791 g/mol. The lowest BCUT2D eigenvalue weighted by atomic mass is 9.98. The number of carbonyl (C=O) groups is 1. The van der Waals surface area contributed by atoms with Gasteiger partial charge in [0.1, 0.15) is 34.3 Å². The van der Waals surface area contributed by atoms with Crippen molar-refractivity contribution in [2.45, 2.75) is 77.5 Å². The first-order valence-electron chi connectivity index (χ1n) is 18.5. The fourth-order valence-corrected chi connectivity index (χ4v) is 7.65. The predicted molar refractivity (Wildman–Crippen MR) is 205 cm³/mol. The van der Waals surface area contributed by atoms with Crippen molar-refractivity contribution < 1.29 is 41.0 Å². The van der Waals surface area contributed by atoms with Gasteiger partial charge in [0.15, 0.2) is 5.82 Å². The van der Waals surface area contributed by atoms with Crippen molar-refractivity contribution in [1.82, 2.24) is 19.9 Å². The number of piperazine rings is 1. The molecule has 2 bridgehead atoms. The van der Waals surface area contributed by atoms with Crippen LogP contribution in [-0.4, -0.2) is 70.9 Å². The Kier molecular flexibility index (Phi) is 10.6. The Morgan fingerprint density at radius 3 is 1.89 bits per heavy atom. The number of alkyl halides is 3. The number of methoxy groups -OCH3 is 2. The second kappa shape index (κ2) is 15.3. The fourth-order valence-electron chi connectivity index (χ4n) is 7.65. The first-order chi connectivity index (χ1) is 27.0. The van der Waals surface area contributed by atoms with Crippen LogP contribution < -0.4 is 19.3 Å². The number of ether oxygens (including phenoxy) is 3. The summed E-state index contributed by atoms with van der Waals surface area (Å²) in [6.45, 7) is 7.81. The average Bonchev–Trinajstić information content (AvgIpc) is 3.43. The molecule has 10 nitrogen and oxygen atoms in total. The maximum atomic E-state index is 16.9. The summed E-state index contributed by atoms with van der Waals surface area (Å²) in [6, 6.07) is 17.8. The van der Waals surface area contributed by atoms with Crippen LogP contribution in [0.1, 0.15) is 55.9 Å². The van der Waals surface area contributed by atoms with Crippen LogP contribution in [0.3, 0.4) is 0 Å². The molecule has 0 aliphatic carbocycles. The largest absolute Gasteiger partial charge is 0.497 e. The second-order valence-corrected chi connectivity index (χ2v) is 15.4. The molecule has 57 heavy (non-hydrogen) atoms. The lowest BCUT2D eigenvalue weighted by Gasteiger charge is -2.42. The van der Waals surface area contributed by atoms with Gasteiger partial charge in [-0.3, -0.25) is 4.90 Å². The highest BCUT2D eigenvalue weighted by Gasteiger charge is 2.45. The van der Waals surface area contributed by atoms with Crippen LogP contribution in [0.25, 0.3) is 22.2 Å². The molecule has 2 fully saturated rings. The van der Waals surface area contributed by atoms with Gasteiger partial charge in [-0.25, -0.2) is 14.2 Å². The van der Waals surface area contributed by atoms with Crippen LogP contribution in [0.4, 0.5) is 38.4 Å². The molecule has 2 atom stereocenters. The van der Waals surface area contributed by atoms with Crippen LogP contribution in [0.2, 0.25) is 0 Å². The van der Waals surface area contributed by atoms with Crippen molar-refractivity contribution in [3.63, 3.8) is 0 Å². The van der Waals surface area contributed by atoms with Crippen molar-refractivity contribution in [3.05, 3.63) is 101 Å². The summed E-state index contributed by atoms with van der Waals surface area (Å²) in [6.07, 6.45) is -5.64. The number of aryl methyl sites for hydroxylation is 1. The Bertz CT molecular complexity index is 2220. The second-order valence-electron chi connectivity index (χ2n) is 15.4. The number of halogens is 5. The number of fused-ring (bicyclic) bond motifs is 3. The van der Waals surface area contributed by atoms with E-state index in [9.17, 15) is 4.79 Å². The summed E-state index contributed by atoms with van der Waals surface area (Å²) in [7, 11) is 3.12. The number of hydrogen-bond donors (Lipinski definition) is 0. The third-order valence-electron chi connectivity index (χ3n) is 10.2. The van der Waals surface area contributed by atoms with E-state index in [1.807, 2.05) is 29.2 Å². The molecule has 15 heteroatoms. The Balaban J connectivity index is 1.31. The van der Waals surface area contributed by atoms with Gasteiger partial charge in [0.05, 0.1) is 43.1 Å². The molecule has 7 rings (SSSR count). The first kappa shape index (κ1) is 39.5. The number of carbonyl (C=O) groups excluding carboxylic acids is 1. The molecule has 1 amide bonds. The summed E-state index contributed by atoms with van der Waals surface area (Å²) in [5.74, 6) is 0.0384. The van der Waals surface area contributed by atoms with E-state index < -0.39 is 46.4 Å². The summed E-state index contributed by atoms with van der Waals surface area (Å²) >= 11 is 0. The number of pyridine rings is 1. The van der Waals surface area contributed by atoms with Gasteiger partial charge in [0.2, 0.25) is 0 Å². The van der Waals surface area contributed by atoms with Crippen LogP contribution in [-0.2, 0) is 24.0 Å². The molecule has 0 unspecified atom stereocenters. The molecule has 5 aromatic rings. The molecule has 0 radical (unpaired) electrons. The zero-order valence-electron chi connectivity index (χ0n) is 32.5. The third-order valence-corrected chi connectivity index (χ3v) is 10.2. The number of aromatic nitrogens is 3. The lowest BCUT2D eigenvalue weighted by molar-refractivity contribution is -0.137. The number of anilines is 2. The van der Waals surface area contributed by atoms with E-state index >= 15 is 22.0 Å². The van der Waals surface area contributed by atoms with E-state index in [-0.39, 0.29) is 47.9 Å². The van der Waals surface area contributed by atoms with Gasteiger partial charge in [0.25, 0.3) is 0 Å². The van der Waals surface area contributed by atoms with Gasteiger partial charge < -0.3 is 24.0 Å². The standard InChI is InChI=1S/C42H43F5N6O4/c1-24-17-33(48-34(18-24)51(20-25-7-13-29(55-5)14-8-25)21-26-9-15-30(56-6)16-10-26)35-32(42(45,46)47)19-31-37(36(35)43)49-39(44)50-38(31)52-22-27-11-12-28(23-52)53(27)40(54)57-41(2,3)4/h7-10,13-19,27-28H,11-12,20-23H2,1-6H3/t27-,28+. The van der Waals surface area contributed by atoms with E-state index in [0.717, 1.165) is 17.2 Å². The van der Waals surface area contributed by atoms with Gasteiger partial charge in [-0.2, -0.15) is 27.5 Å². The highest BCUT2D eigenvalue weighted by Crippen LogP contribution is 2.44. The van der Waals surface area contributed by atoms with Crippen molar-refractivity contribution in [2.75, 3.05) is 37.1 Å². The molecule has 300 valence electrons. The molecule has 4 heterocycles. The van der Waals surface area contributed by atoms with E-state index in [1.165, 1.54) is 6.07 Å². The summed E-state index contributed by atoms with van der Waals surface area (Å²) < 4.78 is 93.9. The Labute approximate surface area is 327 Å². The van der Waals surface area contributed by atoms with E-state index in [0.29, 0.717) is 43.0 Å². The maximum Gasteiger partial charge on any atom is 0.417 e. The van der Waals surface area contributed by atoms with Crippen molar-refractivity contribution in [3.8, 4) is 22.8 Å². The van der Waals surface area contributed by atoms with Crippen LogP contribution in [0, 0.1) is 18.8 Å². The Morgan fingerprint density at radius 1 is 0.825 bits per heavy atom. The SMILES string of the molecule is COc1ccc(CN(Cc2ccc(OC)cc2)c2cc(C)cc(-c3c(C(F)(F)F)cc4c(N5C[C@H]6CC[C@@H](C5)N6C(=O)OC(C)(C)C)nc(F)nc4c3F)n2)cc1. The molecule has 0 spiro atoms. The summed E-state index contributed by atoms with van der Waals surface area (Å²) in [5, 5.41) is -0.302. The first-order valence-corrected chi connectivity index (χ1v) is 18.5. The van der Waals surface area contributed by atoms with Gasteiger partial charge in [-0.15, -0.1) is 0 Å². The fraction of sp³-hybridized carbons (Fsp3) is 0.381. The van der Waals surface area contributed by atoms with E-state index in [2.05, 4.69) is 15.0 Å². The molecular weight excluding hydrogens is 747 g/mol. The number of nitrogens with zero attached hydrogens (tertiary/aromatic N) is 6. The van der Waals surface area contributed by atoms with Crippen molar-refractivity contribution in [1.29, 1.82) is 0 Å². The number of hydrogen-bond acceptors (Lipinski definition) is 9. The minimum Gasteiger partial charge on any atom is -0.497 e. The number of amides is 1. The molecule has 2 aliphatic rings. The molecule has 2 aliphatic heterocycles. The summed E-state index contributed by atoms with van der Waals surface area (Å²) in [4.78, 5) is 30.5.